The van der Waals surface area contributed by atoms with Crippen molar-refractivity contribution in [2.75, 3.05) is 36.0 Å². The second-order valence-corrected chi connectivity index (χ2v) is 9.92. The van der Waals surface area contributed by atoms with Crippen LogP contribution in [0, 0.1) is 12.3 Å². The summed E-state index contributed by atoms with van der Waals surface area (Å²) in [6.45, 7) is 7.39. The normalized spacial score (nSPS) is 22.0. The van der Waals surface area contributed by atoms with Crippen LogP contribution in [0.3, 0.4) is 0 Å². The average molecular weight is 439 g/mol. The van der Waals surface area contributed by atoms with E-state index < -0.39 is 0 Å². The van der Waals surface area contributed by atoms with Crippen LogP contribution in [0.25, 0.3) is 5.69 Å². The minimum Gasteiger partial charge on any atom is -0.339 e. The van der Waals surface area contributed by atoms with Crippen molar-refractivity contribution >= 4 is 23.5 Å². The molecule has 160 valence electrons. The largest absolute Gasteiger partial charge is 0.339 e. The van der Waals surface area contributed by atoms with Gasteiger partial charge in [0.25, 0.3) is 5.95 Å². The summed E-state index contributed by atoms with van der Waals surface area (Å²) in [5.41, 5.74) is 2.67. The van der Waals surface area contributed by atoms with E-state index in [1.54, 1.807) is 0 Å². The molecule has 1 spiro atoms. The second-order valence-electron chi connectivity index (χ2n) is 9.49. The van der Waals surface area contributed by atoms with Crippen molar-refractivity contribution < 1.29 is 4.52 Å². The van der Waals surface area contributed by atoms with Gasteiger partial charge in [-0.25, -0.2) is 0 Å². The average Bonchev–Trinajstić information content (AvgIpc) is 3.36. The fraction of sp³-hybridized carbons (Fsp3) is 0.524. The molecule has 0 unspecified atom stereocenters. The summed E-state index contributed by atoms with van der Waals surface area (Å²) in [5.74, 6) is 3.26. The first-order valence-corrected chi connectivity index (χ1v) is 11.2. The zero-order valence-electron chi connectivity index (χ0n) is 17.3. The Morgan fingerprint density at radius 3 is 2.61 bits per heavy atom. The fourth-order valence-corrected chi connectivity index (χ4v) is 5.54. The Kier molecular flexibility index (Phi) is 3.59. The van der Waals surface area contributed by atoms with Gasteiger partial charge in [-0.05, 0) is 41.8 Å². The molecule has 0 atom stereocenters. The lowest BCUT2D eigenvalue weighted by Crippen LogP contribution is -2.73. The highest BCUT2D eigenvalue weighted by atomic mass is 35.5. The lowest BCUT2D eigenvalue weighted by molar-refractivity contribution is 0.151. The van der Waals surface area contributed by atoms with Crippen LogP contribution in [0.4, 0.5) is 11.9 Å². The molecule has 9 nitrogen and oxygen atoms in total. The Morgan fingerprint density at radius 2 is 1.87 bits per heavy atom. The zero-order chi connectivity index (χ0) is 20.7. The molecular formula is C21H23ClN8O. The molecule has 1 saturated carbocycles. The van der Waals surface area contributed by atoms with E-state index in [1.165, 1.54) is 18.4 Å². The van der Waals surface area contributed by atoms with Gasteiger partial charge in [0.05, 0.1) is 12.2 Å². The van der Waals surface area contributed by atoms with Gasteiger partial charge in [-0.15, -0.1) is 10.2 Å². The molecule has 3 aliphatic heterocycles. The maximum Gasteiger partial charge on any atom is 0.266 e. The number of hydrogen-bond acceptors (Lipinski definition) is 8. The van der Waals surface area contributed by atoms with E-state index in [9.17, 15) is 0 Å². The van der Waals surface area contributed by atoms with Crippen LogP contribution < -0.4 is 9.80 Å². The highest BCUT2D eigenvalue weighted by Gasteiger charge is 2.54. The molecule has 3 aromatic rings. The number of aryl methyl sites for hydroxylation is 1. The molecule has 2 aromatic heterocycles. The molecule has 0 radical (unpaired) electrons. The predicted octanol–water partition coefficient (Wildman–Crippen LogP) is 2.42. The Bertz CT molecular complexity index is 1170. The minimum atomic E-state index is 0.272. The summed E-state index contributed by atoms with van der Waals surface area (Å²) < 4.78 is 7.37. The molecule has 2 saturated heterocycles. The molecule has 0 N–H and O–H groups in total. The monoisotopic (exact) mass is 438 g/mol. The Balaban J connectivity index is 1.16. The first-order chi connectivity index (χ1) is 15.1. The van der Waals surface area contributed by atoms with Gasteiger partial charge < -0.3 is 14.3 Å². The molecule has 10 heteroatoms. The summed E-state index contributed by atoms with van der Waals surface area (Å²) in [4.78, 5) is 11.4. The lowest BCUT2D eigenvalue weighted by atomic mass is 9.73. The minimum absolute atomic E-state index is 0.272. The van der Waals surface area contributed by atoms with Crippen LogP contribution in [0.5, 0.6) is 0 Å². The SMILES string of the molecule is Cc1nc(N2CC3(C2)CN(c2nnc4n2-c2ccc(Cl)cc2CN(C2CC2)C4)C3)no1. The zero-order valence-corrected chi connectivity index (χ0v) is 18.1. The van der Waals surface area contributed by atoms with Gasteiger partial charge in [0.1, 0.15) is 0 Å². The van der Waals surface area contributed by atoms with Crippen molar-refractivity contribution in [3.05, 3.63) is 40.5 Å². The molecule has 7 rings (SSSR count). The number of nitrogens with zero attached hydrogens (tertiary/aromatic N) is 8. The highest BCUT2D eigenvalue weighted by Crippen LogP contribution is 2.44. The van der Waals surface area contributed by atoms with Crippen molar-refractivity contribution in [2.24, 2.45) is 5.41 Å². The third-order valence-corrected chi connectivity index (χ3v) is 7.20. The summed E-state index contributed by atoms with van der Waals surface area (Å²) in [5, 5.41) is 14.1. The van der Waals surface area contributed by atoms with E-state index in [2.05, 4.69) is 51.7 Å². The van der Waals surface area contributed by atoms with Crippen molar-refractivity contribution in [3.63, 3.8) is 0 Å². The summed E-state index contributed by atoms with van der Waals surface area (Å²) >= 11 is 6.35. The molecule has 4 aliphatic rings. The topological polar surface area (TPSA) is 79.4 Å². The molecule has 31 heavy (non-hydrogen) atoms. The Morgan fingerprint density at radius 1 is 1.06 bits per heavy atom. The van der Waals surface area contributed by atoms with Crippen molar-refractivity contribution in [1.82, 2.24) is 29.8 Å². The van der Waals surface area contributed by atoms with E-state index in [0.29, 0.717) is 17.9 Å². The molecular weight excluding hydrogens is 416 g/mol. The van der Waals surface area contributed by atoms with E-state index in [1.807, 2.05) is 13.0 Å². The van der Waals surface area contributed by atoms with Crippen LogP contribution in [-0.4, -0.2) is 62.0 Å². The Labute approximate surface area is 184 Å². The number of fused-ring (bicyclic) bond motifs is 3. The second kappa shape index (κ2) is 6.20. The van der Waals surface area contributed by atoms with Gasteiger partial charge in [0.15, 0.2) is 5.82 Å². The lowest BCUT2D eigenvalue weighted by Gasteiger charge is -2.59. The summed E-state index contributed by atoms with van der Waals surface area (Å²) in [7, 11) is 0. The van der Waals surface area contributed by atoms with Crippen LogP contribution in [0.2, 0.25) is 5.02 Å². The third-order valence-electron chi connectivity index (χ3n) is 6.96. The number of anilines is 2. The van der Waals surface area contributed by atoms with Gasteiger partial charge in [0, 0.05) is 56.1 Å². The maximum atomic E-state index is 6.35. The van der Waals surface area contributed by atoms with Crippen LogP contribution in [0.1, 0.15) is 30.1 Å². The smallest absolute Gasteiger partial charge is 0.266 e. The molecule has 1 aromatic carbocycles. The molecule has 3 fully saturated rings. The van der Waals surface area contributed by atoms with Crippen molar-refractivity contribution in [3.8, 4) is 5.69 Å². The molecule has 1 aliphatic carbocycles. The van der Waals surface area contributed by atoms with Crippen molar-refractivity contribution in [2.45, 2.75) is 38.9 Å². The van der Waals surface area contributed by atoms with E-state index in [0.717, 1.165) is 61.8 Å². The molecule has 0 bridgehead atoms. The first kappa shape index (κ1) is 18.0. The Hall–Kier alpha value is -2.65. The number of rotatable bonds is 3. The number of benzene rings is 1. The first-order valence-electron chi connectivity index (χ1n) is 10.8. The number of halogens is 1. The number of aromatic nitrogens is 5. The standard InChI is InChI=1S/C21H23ClN8O/c1-13-23-19(26-31-13)28-9-21(10-28)11-29(12-21)20-25-24-18-8-27(16-3-4-16)7-14-6-15(22)2-5-17(14)30(18)20/h2,5-6,16H,3-4,7-12H2,1H3. The van der Waals surface area contributed by atoms with Gasteiger partial charge in [-0.3, -0.25) is 9.47 Å². The van der Waals surface area contributed by atoms with Gasteiger partial charge in [-0.1, -0.05) is 11.6 Å². The van der Waals surface area contributed by atoms with Crippen LogP contribution >= 0.6 is 11.6 Å². The van der Waals surface area contributed by atoms with Gasteiger partial charge in [0.2, 0.25) is 11.8 Å². The maximum absolute atomic E-state index is 6.35. The van der Waals surface area contributed by atoms with E-state index in [4.69, 9.17) is 16.1 Å². The van der Waals surface area contributed by atoms with Crippen LogP contribution in [-0.2, 0) is 13.1 Å². The molecule has 5 heterocycles. The molecule has 0 amide bonds. The fourth-order valence-electron chi connectivity index (χ4n) is 5.34. The van der Waals surface area contributed by atoms with Crippen LogP contribution in [0.15, 0.2) is 22.7 Å². The summed E-state index contributed by atoms with van der Waals surface area (Å²) in [6.07, 6.45) is 2.53. The summed E-state index contributed by atoms with van der Waals surface area (Å²) in [6, 6.07) is 6.83. The van der Waals surface area contributed by atoms with Crippen molar-refractivity contribution in [1.29, 1.82) is 0 Å². The van der Waals surface area contributed by atoms with Gasteiger partial charge in [-0.2, -0.15) is 4.98 Å². The quantitative estimate of drug-likeness (QED) is 0.616. The highest BCUT2D eigenvalue weighted by molar-refractivity contribution is 6.30. The third kappa shape index (κ3) is 2.79. The van der Waals surface area contributed by atoms with E-state index in [-0.39, 0.29) is 5.41 Å². The predicted molar refractivity (Wildman–Crippen MR) is 115 cm³/mol. The van der Waals surface area contributed by atoms with Gasteiger partial charge >= 0.3 is 0 Å². The number of hydrogen-bond donors (Lipinski definition) is 0. The van der Waals surface area contributed by atoms with E-state index >= 15 is 0 Å².